The van der Waals surface area contributed by atoms with Gasteiger partial charge in [-0.25, -0.2) is 4.98 Å². The topological polar surface area (TPSA) is 38.9 Å². The van der Waals surface area contributed by atoms with Crippen LogP contribution in [0.15, 0.2) is 60.0 Å². The summed E-state index contributed by atoms with van der Waals surface area (Å²) < 4.78 is 0. The van der Waals surface area contributed by atoms with Crippen molar-refractivity contribution in [2.75, 3.05) is 0 Å². The van der Waals surface area contributed by atoms with Crippen molar-refractivity contribution in [2.45, 2.75) is 6.04 Å². The summed E-state index contributed by atoms with van der Waals surface area (Å²) in [4.78, 5) is 4.64. The Balaban J connectivity index is 1.88. The van der Waals surface area contributed by atoms with Gasteiger partial charge in [-0.1, -0.05) is 54.1 Å². The van der Waals surface area contributed by atoms with Crippen LogP contribution < -0.4 is 5.73 Å². The van der Waals surface area contributed by atoms with Crippen LogP contribution in [0.3, 0.4) is 0 Å². The van der Waals surface area contributed by atoms with Gasteiger partial charge in [0.15, 0.2) is 0 Å². The summed E-state index contributed by atoms with van der Waals surface area (Å²) in [5.41, 5.74) is 9.36. The van der Waals surface area contributed by atoms with E-state index < -0.39 is 0 Å². The van der Waals surface area contributed by atoms with E-state index in [1.807, 2.05) is 60.0 Å². The Morgan fingerprint density at radius 3 is 2.40 bits per heavy atom. The average molecular weight is 301 g/mol. The fraction of sp³-hybridized carbons (Fsp3) is 0.0625. The fourth-order valence-corrected chi connectivity index (χ4v) is 2.97. The van der Waals surface area contributed by atoms with E-state index in [9.17, 15) is 0 Å². The van der Waals surface area contributed by atoms with Gasteiger partial charge < -0.3 is 5.73 Å². The zero-order valence-corrected chi connectivity index (χ0v) is 12.2. The molecule has 0 saturated carbocycles. The Morgan fingerprint density at radius 1 is 1.00 bits per heavy atom. The van der Waals surface area contributed by atoms with Gasteiger partial charge in [0.25, 0.3) is 0 Å². The van der Waals surface area contributed by atoms with Crippen molar-refractivity contribution >= 4 is 22.9 Å². The molecule has 0 radical (unpaired) electrons. The first-order valence-corrected chi connectivity index (χ1v) is 7.52. The maximum atomic E-state index is 6.26. The molecule has 2 nitrogen and oxygen atoms in total. The van der Waals surface area contributed by atoms with Gasteiger partial charge in [0.1, 0.15) is 5.01 Å². The van der Waals surface area contributed by atoms with Crippen LogP contribution in [0, 0.1) is 0 Å². The summed E-state index contributed by atoms with van der Waals surface area (Å²) in [6.45, 7) is 0. The zero-order chi connectivity index (χ0) is 13.9. The first kappa shape index (κ1) is 13.3. The second-order valence-electron chi connectivity index (χ2n) is 4.47. The molecule has 2 N–H and O–H groups in total. The zero-order valence-electron chi connectivity index (χ0n) is 10.7. The lowest BCUT2D eigenvalue weighted by Gasteiger charge is -2.08. The van der Waals surface area contributed by atoms with Crippen LogP contribution in [0.1, 0.15) is 16.6 Å². The quantitative estimate of drug-likeness (QED) is 0.773. The van der Waals surface area contributed by atoms with Gasteiger partial charge >= 0.3 is 0 Å². The van der Waals surface area contributed by atoms with E-state index in [4.69, 9.17) is 17.3 Å². The second-order valence-corrected chi connectivity index (χ2v) is 5.79. The number of nitrogens with two attached hydrogens (primary N) is 1. The Bertz CT molecular complexity index is 692. The molecular weight excluding hydrogens is 288 g/mol. The highest BCUT2D eigenvalue weighted by Gasteiger charge is 2.13. The van der Waals surface area contributed by atoms with E-state index in [1.165, 1.54) is 0 Å². The standard InChI is InChI=1S/C16H13ClN2S/c17-13-8-6-12(7-9-13)15(18)16-19-14(10-20-16)11-4-2-1-3-5-11/h1-10,15H,18H2. The van der Waals surface area contributed by atoms with Gasteiger partial charge in [-0.15, -0.1) is 11.3 Å². The smallest absolute Gasteiger partial charge is 0.115 e. The first-order chi connectivity index (χ1) is 9.74. The van der Waals surface area contributed by atoms with Crippen molar-refractivity contribution in [1.82, 2.24) is 4.98 Å². The molecule has 1 aromatic heterocycles. The number of halogens is 1. The Kier molecular flexibility index (Phi) is 3.83. The predicted molar refractivity (Wildman–Crippen MR) is 85.0 cm³/mol. The van der Waals surface area contributed by atoms with E-state index in [2.05, 4.69) is 4.98 Å². The number of hydrogen-bond donors (Lipinski definition) is 1. The third kappa shape index (κ3) is 2.75. The molecular formula is C16H13ClN2S. The number of hydrogen-bond acceptors (Lipinski definition) is 3. The monoisotopic (exact) mass is 300 g/mol. The molecule has 0 fully saturated rings. The molecule has 100 valence electrons. The maximum absolute atomic E-state index is 6.26. The van der Waals surface area contributed by atoms with Crippen molar-refractivity contribution in [3.8, 4) is 11.3 Å². The third-order valence-corrected chi connectivity index (χ3v) is 4.27. The minimum absolute atomic E-state index is 0.213. The molecule has 0 aliphatic rings. The van der Waals surface area contributed by atoms with Gasteiger partial charge in [-0.2, -0.15) is 0 Å². The maximum Gasteiger partial charge on any atom is 0.115 e. The average Bonchev–Trinajstić information content (AvgIpc) is 2.98. The van der Waals surface area contributed by atoms with E-state index in [0.29, 0.717) is 5.02 Å². The number of nitrogens with zero attached hydrogens (tertiary/aromatic N) is 1. The lowest BCUT2D eigenvalue weighted by molar-refractivity contribution is 0.859. The number of benzene rings is 2. The SMILES string of the molecule is NC(c1ccc(Cl)cc1)c1nc(-c2ccccc2)cs1. The second kappa shape index (κ2) is 5.75. The van der Waals surface area contributed by atoms with Crippen LogP contribution in [0.4, 0.5) is 0 Å². The van der Waals surface area contributed by atoms with Crippen LogP contribution in [0.25, 0.3) is 11.3 Å². The van der Waals surface area contributed by atoms with Gasteiger partial charge in [-0.05, 0) is 17.7 Å². The van der Waals surface area contributed by atoms with Crippen molar-refractivity contribution in [1.29, 1.82) is 0 Å². The van der Waals surface area contributed by atoms with Gasteiger partial charge in [0.05, 0.1) is 11.7 Å². The summed E-state index contributed by atoms with van der Waals surface area (Å²) in [6, 6.07) is 17.5. The molecule has 3 aromatic rings. The third-order valence-electron chi connectivity index (χ3n) is 3.09. The molecule has 0 aliphatic carbocycles. The summed E-state index contributed by atoms with van der Waals surface area (Å²) in [5, 5.41) is 3.66. The summed E-state index contributed by atoms with van der Waals surface area (Å²) in [5.74, 6) is 0. The number of rotatable bonds is 3. The Morgan fingerprint density at radius 2 is 1.70 bits per heavy atom. The van der Waals surface area contributed by atoms with E-state index >= 15 is 0 Å². The molecule has 2 aromatic carbocycles. The summed E-state index contributed by atoms with van der Waals surface area (Å²) in [6.07, 6.45) is 0. The van der Waals surface area contributed by atoms with Crippen LogP contribution in [-0.2, 0) is 0 Å². The lowest BCUT2D eigenvalue weighted by atomic mass is 10.1. The van der Waals surface area contributed by atoms with Crippen LogP contribution in [0.5, 0.6) is 0 Å². The fourth-order valence-electron chi connectivity index (χ4n) is 1.98. The Hall–Kier alpha value is -1.68. The highest BCUT2D eigenvalue weighted by atomic mass is 35.5. The number of thiazole rings is 1. The van der Waals surface area contributed by atoms with Crippen LogP contribution in [-0.4, -0.2) is 4.98 Å². The molecule has 0 spiro atoms. The summed E-state index contributed by atoms with van der Waals surface area (Å²) >= 11 is 7.48. The molecule has 0 amide bonds. The highest BCUT2D eigenvalue weighted by Crippen LogP contribution is 2.28. The van der Waals surface area contributed by atoms with E-state index in [1.54, 1.807) is 11.3 Å². The molecule has 0 aliphatic heterocycles. The van der Waals surface area contributed by atoms with Gasteiger partial charge in [0.2, 0.25) is 0 Å². The highest BCUT2D eigenvalue weighted by molar-refractivity contribution is 7.10. The predicted octanol–water partition coefficient (Wildman–Crippen LogP) is 4.51. The molecule has 1 atom stereocenters. The van der Waals surface area contributed by atoms with Crippen molar-refractivity contribution in [3.63, 3.8) is 0 Å². The van der Waals surface area contributed by atoms with Crippen LogP contribution >= 0.6 is 22.9 Å². The number of aromatic nitrogens is 1. The van der Waals surface area contributed by atoms with E-state index in [0.717, 1.165) is 21.8 Å². The molecule has 3 rings (SSSR count). The van der Waals surface area contributed by atoms with Crippen molar-refractivity contribution in [2.24, 2.45) is 5.73 Å². The molecule has 4 heteroatoms. The van der Waals surface area contributed by atoms with Gasteiger partial charge in [-0.3, -0.25) is 0 Å². The minimum atomic E-state index is -0.213. The Labute approximate surface area is 126 Å². The van der Waals surface area contributed by atoms with Crippen LogP contribution in [0.2, 0.25) is 5.02 Å². The largest absolute Gasteiger partial charge is 0.318 e. The normalized spacial score (nSPS) is 12.3. The van der Waals surface area contributed by atoms with Crippen molar-refractivity contribution in [3.05, 3.63) is 75.6 Å². The molecule has 1 unspecified atom stereocenters. The van der Waals surface area contributed by atoms with Crippen molar-refractivity contribution < 1.29 is 0 Å². The first-order valence-electron chi connectivity index (χ1n) is 6.26. The molecule has 1 heterocycles. The summed E-state index contributed by atoms with van der Waals surface area (Å²) in [7, 11) is 0. The lowest BCUT2D eigenvalue weighted by Crippen LogP contribution is -2.11. The van der Waals surface area contributed by atoms with Gasteiger partial charge in [0, 0.05) is 16.0 Å². The molecule has 20 heavy (non-hydrogen) atoms. The minimum Gasteiger partial charge on any atom is -0.318 e. The molecule has 0 saturated heterocycles. The molecule has 0 bridgehead atoms. The van der Waals surface area contributed by atoms with E-state index in [-0.39, 0.29) is 6.04 Å².